The summed E-state index contributed by atoms with van der Waals surface area (Å²) in [5.41, 5.74) is -0.259. The lowest BCUT2D eigenvalue weighted by Gasteiger charge is -2.23. The molecule has 0 spiro atoms. The molecule has 1 atom stereocenters. The fourth-order valence-corrected chi connectivity index (χ4v) is 4.86. The molecule has 1 saturated heterocycles. The van der Waals surface area contributed by atoms with Gasteiger partial charge < -0.3 is 19.8 Å². The SMILES string of the molecule is CN(C(=O)COC(=O)c1cc(O)c2ccccc2c1O)[C@@H]1CCS(=O)(=O)C1. The maximum atomic E-state index is 12.3. The summed E-state index contributed by atoms with van der Waals surface area (Å²) in [5, 5.41) is 21.0. The quantitative estimate of drug-likeness (QED) is 0.588. The van der Waals surface area contributed by atoms with Crippen LogP contribution in [0.1, 0.15) is 16.8 Å². The summed E-state index contributed by atoms with van der Waals surface area (Å²) in [6, 6.07) is 7.09. The molecule has 0 aliphatic carbocycles. The molecule has 3 rings (SSSR count). The normalized spacial score (nSPS) is 18.3. The van der Waals surface area contributed by atoms with Crippen LogP contribution in [0.15, 0.2) is 30.3 Å². The molecule has 0 saturated carbocycles. The number of hydrogen-bond donors (Lipinski definition) is 2. The van der Waals surface area contributed by atoms with Crippen molar-refractivity contribution >= 4 is 32.5 Å². The molecule has 1 amide bonds. The fourth-order valence-electron chi connectivity index (χ4n) is 3.09. The van der Waals surface area contributed by atoms with Gasteiger partial charge in [0, 0.05) is 23.9 Å². The number of rotatable bonds is 4. The second kappa shape index (κ2) is 7.07. The summed E-state index contributed by atoms with van der Waals surface area (Å²) >= 11 is 0. The van der Waals surface area contributed by atoms with E-state index in [1.54, 1.807) is 24.3 Å². The van der Waals surface area contributed by atoms with Crippen molar-refractivity contribution in [2.75, 3.05) is 25.2 Å². The lowest BCUT2D eigenvalue weighted by atomic mass is 10.0. The van der Waals surface area contributed by atoms with Gasteiger partial charge in [-0.15, -0.1) is 0 Å². The molecule has 1 aliphatic heterocycles. The van der Waals surface area contributed by atoms with E-state index in [1.165, 1.54) is 11.9 Å². The molecule has 27 heavy (non-hydrogen) atoms. The number of hydrogen-bond acceptors (Lipinski definition) is 7. The third kappa shape index (κ3) is 3.82. The first-order valence-corrected chi connectivity index (χ1v) is 10.1. The number of likely N-dealkylation sites (N-methyl/N-ethyl adjacent to an activating group) is 1. The highest BCUT2D eigenvalue weighted by molar-refractivity contribution is 7.91. The Kier molecular flexibility index (Phi) is 4.97. The summed E-state index contributed by atoms with van der Waals surface area (Å²) in [7, 11) is -1.68. The van der Waals surface area contributed by atoms with Crippen molar-refractivity contribution < 1.29 is 33.0 Å². The highest BCUT2D eigenvalue weighted by Gasteiger charge is 2.33. The molecule has 0 aromatic heterocycles. The van der Waals surface area contributed by atoms with Gasteiger partial charge >= 0.3 is 5.97 Å². The Labute approximate surface area is 155 Å². The van der Waals surface area contributed by atoms with Crippen molar-refractivity contribution in [2.24, 2.45) is 0 Å². The van der Waals surface area contributed by atoms with Crippen LogP contribution in [0.4, 0.5) is 0 Å². The molecule has 9 heteroatoms. The Hall–Kier alpha value is -2.81. The van der Waals surface area contributed by atoms with E-state index in [2.05, 4.69) is 0 Å². The summed E-state index contributed by atoms with van der Waals surface area (Å²) in [5.74, 6) is -2.14. The predicted octanol–water partition coefficient (Wildman–Crippen LogP) is 1.05. The first-order valence-electron chi connectivity index (χ1n) is 8.26. The molecule has 0 radical (unpaired) electrons. The number of benzene rings is 2. The van der Waals surface area contributed by atoms with Gasteiger partial charge in [0.1, 0.15) is 17.1 Å². The number of ether oxygens (including phenoxy) is 1. The Morgan fingerprint density at radius 2 is 1.89 bits per heavy atom. The molecule has 2 N–H and O–H groups in total. The number of phenols is 2. The second-order valence-corrected chi connectivity index (χ2v) is 8.70. The van der Waals surface area contributed by atoms with Crippen LogP contribution in [-0.4, -0.2) is 66.6 Å². The summed E-state index contributed by atoms with van der Waals surface area (Å²) in [6.07, 6.45) is 0.345. The van der Waals surface area contributed by atoms with Gasteiger partial charge in [-0.3, -0.25) is 4.79 Å². The lowest BCUT2D eigenvalue weighted by Crippen LogP contribution is -2.40. The second-order valence-electron chi connectivity index (χ2n) is 6.48. The minimum atomic E-state index is -3.14. The third-order valence-electron chi connectivity index (χ3n) is 4.69. The highest BCUT2D eigenvalue weighted by atomic mass is 32.2. The molecule has 0 unspecified atom stereocenters. The molecular formula is C18H19NO7S. The Morgan fingerprint density at radius 3 is 2.52 bits per heavy atom. The van der Waals surface area contributed by atoms with Gasteiger partial charge in [0.05, 0.1) is 11.5 Å². The van der Waals surface area contributed by atoms with Crippen LogP contribution in [0, 0.1) is 0 Å². The van der Waals surface area contributed by atoms with Gasteiger partial charge in [0.15, 0.2) is 16.4 Å². The number of carbonyl (C=O) groups excluding carboxylic acids is 2. The van der Waals surface area contributed by atoms with E-state index >= 15 is 0 Å². The molecule has 2 aromatic carbocycles. The van der Waals surface area contributed by atoms with Crippen LogP contribution >= 0.6 is 0 Å². The van der Waals surface area contributed by atoms with Gasteiger partial charge in [-0.05, 0) is 12.5 Å². The van der Waals surface area contributed by atoms with Crippen molar-refractivity contribution in [3.63, 3.8) is 0 Å². The number of nitrogens with zero attached hydrogens (tertiary/aromatic N) is 1. The van der Waals surface area contributed by atoms with Gasteiger partial charge in [0.25, 0.3) is 5.91 Å². The smallest absolute Gasteiger partial charge is 0.342 e. The molecule has 1 aliphatic rings. The third-order valence-corrected chi connectivity index (χ3v) is 6.44. The molecule has 1 heterocycles. The number of aromatic hydroxyl groups is 2. The average Bonchev–Trinajstić information content (AvgIpc) is 3.01. The fraction of sp³-hybridized carbons (Fsp3) is 0.333. The van der Waals surface area contributed by atoms with Crippen LogP contribution in [0.3, 0.4) is 0 Å². The van der Waals surface area contributed by atoms with Crippen molar-refractivity contribution in [1.82, 2.24) is 4.90 Å². The lowest BCUT2D eigenvalue weighted by molar-refractivity contribution is -0.134. The molecule has 8 nitrogen and oxygen atoms in total. The number of esters is 1. The van der Waals surface area contributed by atoms with Crippen LogP contribution in [0.25, 0.3) is 10.8 Å². The van der Waals surface area contributed by atoms with E-state index in [4.69, 9.17) is 4.74 Å². The largest absolute Gasteiger partial charge is 0.507 e. The standard InChI is InChI=1S/C18H19NO7S/c1-19(11-6-7-27(24,25)10-11)16(21)9-26-18(23)14-8-15(20)12-4-2-3-5-13(12)17(14)22/h2-5,8,11,20,22H,6-7,9-10H2,1H3/t11-/m1/s1. The maximum absolute atomic E-state index is 12.3. The minimum Gasteiger partial charge on any atom is -0.507 e. The van der Waals surface area contributed by atoms with Gasteiger partial charge in [0.2, 0.25) is 0 Å². The molecule has 144 valence electrons. The van der Waals surface area contributed by atoms with Crippen LogP contribution < -0.4 is 0 Å². The van der Waals surface area contributed by atoms with Crippen molar-refractivity contribution in [2.45, 2.75) is 12.5 Å². The number of sulfone groups is 1. The number of phenolic OH excluding ortho intramolecular Hbond substituents is 2. The Bertz CT molecular complexity index is 1020. The zero-order valence-corrected chi connectivity index (χ0v) is 15.4. The monoisotopic (exact) mass is 393 g/mol. The van der Waals surface area contributed by atoms with E-state index in [1.807, 2.05) is 0 Å². The predicted molar refractivity (Wildman–Crippen MR) is 97.4 cm³/mol. The van der Waals surface area contributed by atoms with Gasteiger partial charge in [-0.1, -0.05) is 24.3 Å². The van der Waals surface area contributed by atoms with Gasteiger partial charge in [-0.25, -0.2) is 13.2 Å². The highest BCUT2D eigenvalue weighted by Crippen LogP contribution is 2.35. The number of carbonyl (C=O) groups is 2. The Balaban J connectivity index is 1.70. The molecule has 0 bridgehead atoms. The van der Waals surface area contributed by atoms with E-state index in [0.717, 1.165) is 6.07 Å². The summed E-state index contributed by atoms with van der Waals surface area (Å²) in [6.45, 7) is -0.598. The summed E-state index contributed by atoms with van der Waals surface area (Å²) in [4.78, 5) is 25.7. The zero-order valence-electron chi connectivity index (χ0n) is 14.6. The minimum absolute atomic E-state index is 0.0271. The number of fused-ring (bicyclic) bond motifs is 1. The topological polar surface area (TPSA) is 121 Å². The van der Waals surface area contributed by atoms with E-state index in [-0.39, 0.29) is 34.0 Å². The average molecular weight is 393 g/mol. The van der Waals surface area contributed by atoms with E-state index in [0.29, 0.717) is 11.8 Å². The van der Waals surface area contributed by atoms with Crippen LogP contribution in [0.2, 0.25) is 0 Å². The van der Waals surface area contributed by atoms with Gasteiger partial charge in [-0.2, -0.15) is 0 Å². The maximum Gasteiger partial charge on any atom is 0.342 e. The molecule has 2 aromatic rings. The number of amides is 1. The zero-order chi connectivity index (χ0) is 19.8. The van der Waals surface area contributed by atoms with E-state index in [9.17, 15) is 28.2 Å². The molecular weight excluding hydrogens is 374 g/mol. The van der Waals surface area contributed by atoms with Crippen molar-refractivity contribution in [3.8, 4) is 11.5 Å². The van der Waals surface area contributed by atoms with Crippen molar-refractivity contribution in [3.05, 3.63) is 35.9 Å². The van der Waals surface area contributed by atoms with Crippen molar-refractivity contribution in [1.29, 1.82) is 0 Å². The first-order chi connectivity index (χ1) is 12.7. The first kappa shape index (κ1) is 19.0. The van der Waals surface area contributed by atoms with E-state index < -0.39 is 34.4 Å². The molecule has 1 fully saturated rings. The van der Waals surface area contributed by atoms with Crippen LogP contribution in [-0.2, 0) is 19.4 Å². The van der Waals surface area contributed by atoms with Crippen LogP contribution in [0.5, 0.6) is 11.5 Å². The Morgan fingerprint density at radius 1 is 1.22 bits per heavy atom. The summed E-state index contributed by atoms with van der Waals surface area (Å²) < 4.78 is 28.0.